The standard InChI is InChI=1S/C23H22N4O6/c1-4-32-19(28)13-25-21(30)23(2)22(31)27(3)17-10-9-16(11-18(17)33-23)26-20(29)15-7-5-14(12-24)6-8-15/h5-11H,4,13H2,1-3H3,(H,25,30)(H,26,29). The normalized spacial score (nSPS) is 16.7. The van der Waals surface area contributed by atoms with Gasteiger partial charge in [0.1, 0.15) is 12.3 Å². The van der Waals surface area contributed by atoms with Crippen molar-refractivity contribution in [2.75, 3.05) is 30.4 Å². The molecule has 0 saturated carbocycles. The van der Waals surface area contributed by atoms with E-state index in [4.69, 9.17) is 14.7 Å². The number of benzene rings is 2. The molecule has 10 nitrogen and oxygen atoms in total. The maximum Gasteiger partial charge on any atom is 0.325 e. The molecule has 1 aliphatic rings. The number of ether oxygens (including phenoxy) is 2. The molecule has 1 aliphatic heterocycles. The average molecular weight is 450 g/mol. The maximum absolute atomic E-state index is 12.9. The zero-order valence-electron chi connectivity index (χ0n) is 18.3. The van der Waals surface area contributed by atoms with E-state index < -0.39 is 35.8 Å². The van der Waals surface area contributed by atoms with Crippen molar-refractivity contribution < 1.29 is 28.7 Å². The second-order valence-corrected chi connectivity index (χ2v) is 7.31. The fourth-order valence-corrected chi connectivity index (χ4v) is 3.22. The van der Waals surface area contributed by atoms with E-state index in [9.17, 15) is 19.2 Å². The van der Waals surface area contributed by atoms with Crippen LogP contribution in [0.1, 0.15) is 29.8 Å². The predicted octanol–water partition coefficient (Wildman–Crippen LogP) is 1.60. The first-order valence-corrected chi connectivity index (χ1v) is 10.1. The third-order valence-corrected chi connectivity index (χ3v) is 5.01. The molecule has 0 aromatic heterocycles. The summed E-state index contributed by atoms with van der Waals surface area (Å²) in [5.74, 6) is -2.27. The van der Waals surface area contributed by atoms with Gasteiger partial charge in [-0.15, -0.1) is 0 Å². The van der Waals surface area contributed by atoms with Crippen molar-refractivity contribution in [3.63, 3.8) is 0 Å². The van der Waals surface area contributed by atoms with Crippen LogP contribution in [-0.4, -0.2) is 49.5 Å². The molecule has 3 amide bonds. The summed E-state index contributed by atoms with van der Waals surface area (Å²) in [5, 5.41) is 14.0. The largest absolute Gasteiger partial charge is 0.465 e. The van der Waals surface area contributed by atoms with Crippen LogP contribution in [0.25, 0.3) is 0 Å². The Morgan fingerprint density at radius 1 is 1.18 bits per heavy atom. The lowest BCUT2D eigenvalue weighted by atomic mass is 10.00. The highest BCUT2D eigenvalue weighted by atomic mass is 16.5. The lowest BCUT2D eigenvalue weighted by Crippen LogP contribution is -2.61. The molecule has 2 aromatic carbocycles. The van der Waals surface area contributed by atoms with Crippen molar-refractivity contribution in [2.24, 2.45) is 0 Å². The molecule has 0 fully saturated rings. The summed E-state index contributed by atoms with van der Waals surface area (Å²) in [6.07, 6.45) is 0. The summed E-state index contributed by atoms with van der Waals surface area (Å²) in [6, 6.07) is 12.8. The third-order valence-electron chi connectivity index (χ3n) is 5.01. The van der Waals surface area contributed by atoms with Gasteiger partial charge in [0.15, 0.2) is 0 Å². The van der Waals surface area contributed by atoms with E-state index in [0.717, 1.165) is 0 Å². The average Bonchev–Trinajstić information content (AvgIpc) is 2.81. The molecule has 1 heterocycles. The number of nitrogens with one attached hydrogen (secondary N) is 2. The lowest BCUT2D eigenvalue weighted by Gasteiger charge is -2.38. The van der Waals surface area contributed by atoms with E-state index in [1.54, 1.807) is 19.1 Å². The highest BCUT2D eigenvalue weighted by Crippen LogP contribution is 2.39. The Labute approximate surface area is 190 Å². The van der Waals surface area contributed by atoms with Crippen molar-refractivity contribution in [2.45, 2.75) is 19.4 Å². The van der Waals surface area contributed by atoms with Crippen LogP contribution >= 0.6 is 0 Å². The number of hydrogen-bond donors (Lipinski definition) is 2. The lowest BCUT2D eigenvalue weighted by molar-refractivity contribution is -0.151. The summed E-state index contributed by atoms with van der Waals surface area (Å²) in [7, 11) is 1.50. The van der Waals surface area contributed by atoms with Gasteiger partial charge in [0, 0.05) is 24.4 Å². The van der Waals surface area contributed by atoms with Gasteiger partial charge in [0.05, 0.1) is 23.9 Å². The number of fused-ring (bicyclic) bond motifs is 1. The van der Waals surface area contributed by atoms with E-state index in [-0.39, 0.29) is 12.4 Å². The smallest absolute Gasteiger partial charge is 0.325 e. The van der Waals surface area contributed by atoms with Gasteiger partial charge in [0.25, 0.3) is 23.3 Å². The topological polar surface area (TPSA) is 138 Å². The second-order valence-electron chi connectivity index (χ2n) is 7.31. The van der Waals surface area contributed by atoms with Crippen LogP contribution < -0.4 is 20.3 Å². The molecule has 2 aromatic rings. The number of esters is 1. The number of amides is 3. The number of nitriles is 1. The quantitative estimate of drug-likeness (QED) is 0.504. The molecule has 0 bridgehead atoms. The number of likely N-dealkylation sites (N-methyl/N-ethyl adjacent to an activating group) is 1. The monoisotopic (exact) mass is 450 g/mol. The fraction of sp³-hybridized carbons (Fsp3) is 0.261. The van der Waals surface area contributed by atoms with Crippen LogP contribution in [0.3, 0.4) is 0 Å². The van der Waals surface area contributed by atoms with E-state index in [0.29, 0.717) is 22.5 Å². The molecule has 0 aliphatic carbocycles. The minimum absolute atomic E-state index is 0.161. The minimum atomic E-state index is -1.93. The van der Waals surface area contributed by atoms with Gasteiger partial charge >= 0.3 is 5.97 Å². The molecule has 2 N–H and O–H groups in total. The summed E-state index contributed by atoms with van der Waals surface area (Å²) < 4.78 is 10.5. The Bertz CT molecular complexity index is 1150. The van der Waals surface area contributed by atoms with Gasteiger partial charge in [-0.05, 0) is 50.2 Å². The zero-order valence-corrected chi connectivity index (χ0v) is 18.3. The SMILES string of the molecule is CCOC(=O)CNC(=O)C1(C)Oc2cc(NC(=O)c3ccc(C#N)cc3)ccc2N(C)C1=O. The van der Waals surface area contributed by atoms with Crippen LogP contribution in [0.15, 0.2) is 42.5 Å². The molecule has 0 saturated heterocycles. The molecular formula is C23H22N4O6. The van der Waals surface area contributed by atoms with E-state index in [2.05, 4.69) is 10.6 Å². The highest BCUT2D eigenvalue weighted by Gasteiger charge is 2.49. The van der Waals surface area contributed by atoms with Crippen LogP contribution in [0, 0.1) is 11.3 Å². The molecule has 10 heteroatoms. The maximum atomic E-state index is 12.9. The first-order chi connectivity index (χ1) is 15.7. The van der Waals surface area contributed by atoms with Crippen molar-refractivity contribution in [3.8, 4) is 11.8 Å². The first-order valence-electron chi connectivity index (χ1n) is 10.1. The molecule has 3 rings (SSSR count). The van der Waals surface area contributed by atoms with Crippen LogP contribution in [-0.2, 0) is 19.1 Å². The van der Waals surface area contributed by atoms with E-state index in [1.807, 2.05) is 6.07 Å². The molecule has 0 spiro atoms. The first kappa shape index (κ1) is 23.3. The number of anilines is 2. The van der Waals surface area contributed by atoms with Gasteiger partial charge in [-0.3, -0.25) is 19.2 Å². The predicted molar refractivity (Wildman–Crippen MR) is 118 cm³/mol. The summed E-state index contributed by atoms with van der Waals surface area (Å²) >= 11 is 0. The second kappa shape index (κ2) is 9.40. The zero-order chi connectivity index (χ0) is 24.2. The third kappa shape index (κ3) is 4.77. The number of nitrogens with zero attached hydrogens (tertiary/aromatic N) is 2. The van der Waals surface area contributed by atoms with Crippen molar-refractivity contribution in [1.82, 2.24) is 5.32 Å². The van der Waals surface area contributed by atoms with Gasteiger partial charge in [-0.2, -0.15) is 5.26 Å². The Hall–Kier alpha value is -4.39. The molecule has 1 unspecified atom stereocenters. The number of rotatable bonds is 6. The van der Waals surface area contributed by atoms with E-state index in [1.165, 1.54) is 49.2 Å². The summed E-state index contributed by atoms with van der Waals surface area (Å²) in [6.45, 7) is 2.69. The van der Waals surface area contributed by atoms with Gasteiger partial charge in [0.2, 0.25) is 0 Å². The molecule has 170 valence electrons. The number of carbonyl (C=O) groups is 4. The van der Waals surface area contributed by atoms with Gasteiger partial charge in [-0.25, -0.2) is 0 Å². The van der Waals surface area contributed by atoms with Crippen LogP contribution in [0.5, 0.6) is 5.75 Å². The van der Waals surface area contributed by atoms with E-state index >= 15 is 0 Å². The molecule has 0 radical (unpaired) electrons. The summed E-state index contributed by atoms with van der Waals surface area (Å²) in [4.78, 5) is 50.9. The Balaban J connectivity index is 1.79. The van der Waals surface area contributed by atoms with Gasteiger partial charge < -0.3 is 25.0 Å². The van der Waals surface area contributed by atoms with Crippen molar-refractivity contribution in [1.29, 1.82) is 5.26 Å². The molecule has 1 atom stereocenters. The number of carbonyl (C=O) groups excluding carboxylic acids is 4. The van der Waals surface area contributed by atoms with Crippen LogP contribution in [0.2, 0.25) is 0 Å². The van der Waals surface area contributed by atoms with Crippen molar-refractivity contribution in [3.05, 3.63) is 53.6 Å². The molecular weight excluding hydrogens is 428 g/mol. The van der Waals surface area contributed by atoms with Gasteiger partial charge in [-0.1, -0.05) is 0 Å². The summed E-state index contributed by atoms with van der Waals surface area (Å²) in [5.41, 5.74) is -0.360. The van der Waals surface area contributed by atoms with Crippen LogP contribution in [0.4, 0.5) is 11.4 Å². The Kier molecular flexibility index (Phi) is 6.63. The highest BCUT2D eigenvalue weighted by molar-refractivity contribution is 6.16. The Morgan fingerprint density at radius 3 is 2.52 bits per heavy atom. The Morgan fingerprint density at radius 2 is 1.88 bits per heavy atom. The number of hydrogen-bond acceptors (Lipinski definition) is 7. The van der Waals surface area contributed by atoms with Crippen molar-refractivity contribution >= 4 is 35.1 Å². The molecule has 33 heavy (non-hydrogen) atoms. The fourth-order valence-electron chi connectivity index (χ4n) is 3.22. The minimum Gasteiger partial charge on any atom is -0.465 e.